The molecule has 0 saturated carbocycles. The van der Waals surface area contributed by atoms with Crippen molar-refractivity contribution < 1.29 is 23.8 Å². The molecule has 2 aromatic rings. The third-order valence-corrected chi connectivity index (χ3v) is 4.12. The van der Waals surface area contributed by atoms with E-state index in [9.17, 15) is 9.59 Å². The molecule has 1 fully saturated rings. The topological polar surface area (TPSA) is 73.9 Å². The van der Waals surface area contributed by atoms with E-state index in [1.807, 2.05) is 6.07 Å². The maximum Gasteiger partial charge on any atom is 0.337 e. The van der Waals surface area contributed by atoms with Gasteiger partial charge in [0, 0.05) is 12.3 Å². The summed E-state index contributed by atoms with van der Waals surface area (Å²) in [6.07, 6.45) is 2.07. The standard InChI is InChI=1S/C20H21NO5/c1-24-20(23)14-6-4-7-15(12-14)21-19(22)17-9-2-3-10-18(17)26-13-16-8-5-11-25-16/h2-4,6-7,9-10,12,16H,5,8,11,13H2,1H3,(H,21,22)/t16-/m0/s1. The van der Waals surface area contributed by atoms with E-state index in [-0.39, 0.29) is 12.0 Å². The molecular weight excluding hydrogens is 334 g/mol. The Morgan fingerprint density at radius 2 is 2.04 bits per heavy atom. The maximum absolute atomic E-state index is 12.6. The molecule has 0 bridgehead atoms. The van der Waals surface area contributed by atoms with Crippen molar-refractivity contribution in [3.8, 4) is 5.75 Å². The Kier molecular flexibility index (Phi) is 5.86. The molecule has 1 amide bonds. The van der Waals surface area contributed by atoms with Gasteiger partial charge in [0.25, 0.3) is 5.91 Å². The highest BCUT2D eigenvalue weighted by Crippen LogP contribution is 2.22. The van der Waals surface area contributed by atoms with Crippen LogP contribution in [0.15, 0.2) is 48.5 Å². The summed E-state index contributed by atoms with van der Waals surface area (Å²) in [5.74, 6) is -0.263. The quantitative estimate of drug-likeness (QED) is 0.805. The molecule has 1 heterocycles. The van der Waals surface area contributed by atoms with Gasteiger partial charge in [-0.15, -0.1) is 0 Å². The summed E-state index contributed by atoms with van der Waals surface area (Å²) in [6.45, 7) is 1.18. The lowest BCUT2D eigenvalue weighted by Gasteiger charge is -2.14. The molecule has 0 unspecified atom stereocenters. The van der Waals surface area contributed by atoms with Gasteiger partial charge >= 0.3 is 5.97 Å². The summed E-state index contributed by atoms with van der Waals surface area (Å²) in [4.78, 5) is 24.3. The summed E-state index contributed by atoms with van der Waals surface area (Å²) in [5, 5.41) is 2.79. The number of carbonyl (C=O) groups is 2. The average molecular weight is 355 g/mol. The number of methoxy groups -OCH3 is 1. The number of carbonyl (C=O) groups excluding carboxylic acids is 2. The van der Waals surface area contributed by atoms with Crippen LogP contribution in [-0.4, -0.2) is 38.3 Å². The minimum absolute atomic E-state index is 0.0721. The van der Waals surface area contributed by atoms with Gasteiger partial charge in [-0.25, -0.2) is 4.79 Å². The monoisotopic (exact) mass is 355 g/mol. The van der Waals surface area contributed by atoms with Crippen LogP contribution >= 0.6 is 0 Å². The molecular formula is C20H21NO5. The van der Waals surface area contributed by atoms with Gasteiger partial charge in [0.15, 0.2) is 0 Å². The van der Waals surface area contributed by atoms with Gasteiger partial charge in [-0.3, -0.25) is 4.79 Å². The molecule has 0 aliphatic carbocycles. The van der Waals surface area contributed by atoms with E-state index < -0.39 is 5.97 Å². The summed E-state index contributed by atoms with van der Waals surface area (Å²) < 4.78 is 16.0. The van der Waals surface area contributed by atoms with Gasteiger partial charge in [0.05, 0.1) is 24.3 Å². The zero-order valence-electron chi connectivity index (χ0n) is 14.6. The number of anilines is 1. The van der Waals surface area contributed by atoms with E-state index in [0.29, 0.717) is 29.2 Å². The first-order chi connectivity index (χ1) is 12.7. The Balaban J connectivity index is 1.70. The molecule has 136 valence electrons. The summed E-state index contributed by atoms with van der Waals surface area (Å²) >= 11 is 0. The number of nitrogens with one attached hydrogen (secondary N) is 1. The fourth-order valence-corrected chi connectivity index (χ4v) is 2.78. The first-order valence-corrected chi connectivity index (χ1v) is 8.50. The predicted octanol–water partition coefficient (Wildman–Crippen LogP) is 3.28. The number of hydrogen-bond donors (Lipinski definition) is 1. The maximum atomic E-state index is 12.6. The predicted molar refractivity (Wildman–Crippen MR) is 96.6 cm³/mol. The van der Waals surface area contributed by atoms with Crippen molar-refractivity contribution in [2.45, 2.75) is 18.9 Å². The number of rotatable bonds is 6. The molecule has 0 aromatic heterocycles. The third-order valence-electron chi connectivity index (χ3n) is 4.12. The van der Waals surface area contributed by atoms with E-state index >= 15 is 0 Å². The molecule has 6 nitrogen and oxygen atoms in total. The number of benzene rings is 2. The Morgan fingerprint density at radius 1 is 1.19 bits per heavy atom. The van der Waals surface area contributed by atoms with E-state index in [2.05, 4.69) is 5.32 Å². The van der Waals surface area contributed by atoms with Crippen molar-refractivity contribution >= 4 is 17.6 Å². The number of esters is 1. The highest BCUT2D eigenvalue weighted by atomic mass is 16.5. The van der Waals surface area contributed by atoms with Crippen molar-refractivity contribution in [1.82, 2.24) is 0 Å². The lowest BCUT2D eigenvalue weighted by atomic mass is 10.1. The van der Waals surface area contributed by atoms with Crippen LogP contribution in [-0.2, 0) is 9.47 Å². The second-order valence-corrected chi connectivity index (χ2v) is 5.97. The van der Waals surface area contributed by atoms with Crippen LogP contribution in [0.2, 0.25) is 0 Å². The van der Waals surface area contributed by atoms with Crippen LogP contribution in [0.1, 0.15) is 33.6 Å². The van der Waals surface area contributed by atoms with E-state index in [4.69, 9.17) is 14.2 Å². The molecule has 26 heavy (non-hydrogen) atoms. The Bertz CT molecular complexity index is 783. The fraction of sp³-hybridized carbons (Fsp3) is 0.300. The summed E-state index contributed by atoms with van der Waals surface area (Å²) in [6, 6.07) is 13.6. The first-order valence-electron chi connectivity index (χ1n) is 8.50. The molecule has 2 aromatic carbocycles. The lowest BCUT2D eigenvalue weighted by Crippen LogP contribution is -2.19. The molecule has 1 aliphatic rings. The molecule has 3 rings (SSSR count). The number of amides is 1. The second kappa shape index (κ2) is 8.49. The van der Waals surface area contributed by atoms with E-state index in [0.717, 1.165) is 19.4 Å². The van der Waals surface area contributed by atoms with E-state index in [1.165, 1.54) is 7.11 Å². The molecule has 1 aliphatic heterocycles. The summed E-state index contributed by atoms with van der Waals surface area (Å²) in [7, 11) is 1.31. The fourth-order valence-electron chi connectivity index (χ4n) is 2.78. The van der Waals surface area contributed by atoms with Crippen LogP contribution < -0.4 is 10.1 Å². The molecule has 0 spiro atoms. The normalized spacial score (nSPS) is 16.1. The first kappa shape index (κ1) is 17.9. The van der Waals surface area contributed by atoms with Crippen LogP contribution in [0.4, 0.5) is 5.69 Å². The minimum atomic E-state index is -0.457. The highest BCUT2D eigenvalue weighted by Gasteiger charge is 2.18. The van der Waals surface area contributed by atoms with Gasteiger partial charge in [0.1, 0.15) is 12.4 Å². The number of hydrogen-bond acceptors (Lipinski definition) is 5. The Morgan fingerprint density at radius 3 is 2.81 bits per heavy atom. The minimum Gasteiger partial charge on any atom is -0.490 e. The van der Waals surface area contributed by atoms with Crippen LogP contribution in [0.25, 0.3) is 0 Å². The molecule has 6 heteroatoms. The Hall–Kier alpha value is -2.86. The van der Waals surface area contributed by atoms with Gasteiger partial charge in [0.2, 0.25) is 0 Å². The van der Waals surface area contributed by atoms with Gasteiger partial charge < -0.3 is 19.5 Å². The molecule has 0 radical (unpaired) electrons. The van der Waals surface area contributed by atoms with Crippen LogP contribution in [0.3, 0.4) is 0 Å². The van der Waals surface area contributed by atoms with Crippen molar-refractivity contribution in [3.05, 3.63) is 59.7 Å². The summed E-state index contributed by atoms with van der Waals surface area (Å²) in [5.41, 5.74) is 1.30. The lowest BCUT2D eigenvalue weighted by molar-refractivity contribution is 0.0600. The van der Waals surface area contributed by atoms with E-state index in [1.54, 1.807) is 42.5 Å². The van der Waals surface area contributed by atoms with Crippen molar-refractivity contribution in [1.29, 1.82) is 0 Å². The third kappa shape index (κ3) is 4.40. The number of para-hydroxylation sites is 1. The highest BCUT2D eigenvalue weighted by molar-refractivity contribution is 6.06. The van der Waals surface area contributed by atoms with Crippen molar-refractivity contribution in [2.24, 2.45) is 0 Å². The van der Waals surface area contributed by atoms with Gasteiger partial charge in [-0.2, -0.15) is 0 Å². The molecule has 1 N–H and O–H groups in total. The SMILES string of the molecule is COC(=O)c1cccc(NC(=O)c2ccccc2OC[C@@H]2CCCO2)c1. The largest absolute Gasteiger partial charge is 0.490 e. The average Bonchev–Trinajstić information content (AvgIpc) is 3.19. The zero-order valence-corrected chi connectivity index (χ0v) is 14.6. The van der Waals surface area contributed by atoms with Gasteiger partial charge in [-0.1, -0.05) is 18.2 Å². The van der Waals surface area contributed by atoms with Crippen LogP contribution in [0, 0.1) is 0 Å². The zero-order chi connectivity index (χ0) is 18.4. The second-order valence-electron chi connectivity index (χ2n) is 5.97. The number of ether oxygens (including phenoxy) is 3. The van der Waals surface area contributed by atoms with Gasteiger partial charge in [-0.05, 0) is 43.2 Å². The van der Waals surface area contributed by atoms with Crippen LogP contribution in [0.5, 0.6) is 5.75 Å². The molecule has 1 atom stereocenters. The van der Waals surface area contributed by atoms with Crippen molar-refractivity contribution in [2.75, 3.05) is 25.6 Å². The molecule has 1 saturated heterocycles. The Labute approximate surface area is 152 Å². The smallest absolute Gasteiger partial charge is 0.337 e. The van der Waals surface area contributed by atoms with Crippen molar-refractivity contribution in [3.63, 3.8) is 0 Å².